The smallest absolute Gasteiger partial charge is 0.399 e. The van der Waals surface area contributed by atoms with Crippen LogP contribution in [0, 0.1) is 5.92 Å². The molecule has 4 aromatic rings. The lowest BCUT2D eigenvalue weighted by molar-refractivity contribution is -0.137. The number of piperazine rings is 1. The lowest BCUT2D eigenvalue weighted by atomic mass is 9.99. The van der Waals surface area contributed by atoms with Crippen LogP contribution < -0.4 is 37.9 Å². The van der Waals surface area contributed by atoms with Crippen molar-refractivity contribution in [2.24, 2.45) is 18.7 Å². The van der Waals surface area contributed by atoms with Gasteiger partial charge in [-0.2, -0.15) is 13.2 Å². The number of pyridine rings is 1. The normalized spacial score (nSPS) is 15.6. The van der Waals surface area contributed by atoms with Crippen LogP contribution in [0.3, 0.4) is 0 Å². The maximum atomic E-state index is 13.5. The van der Waals surface area contributed by atoms with Gasteiger partial charge in [0.05, 0.1) is 17.0 Å². The van der Waals surface area contributed by atoms with Crippen LogP contribution in [0.5, 0.6) is 0 Å². The zero-order chi connectivity index (χ0) is 45.7. The van der Waals surface area contributed by atoms with Gasteiger partial charge >= 0.3 is 6.18 Å². The van der Waals surface area contributed by atoms with Crippen LogP contribution in [0.4, 0.5) is 30.4 Å². The van der Waals surface area contributed by atoms with E-state index < -0.39 is 41.9 Å². The molecule has 63 heavy (non-hydrogen) atoms. The monoisotopic (exact) mass is 879 g/mol. The number of hydrogen-bond acceptors (Lipinski definition) is 11. The highest BCUT2D eigenvalue weighted by molar-refractivity contribution is 5.90. The predicted octanol–water partition coefficient (Wildman–Crippen LogP) is 5.53. The number of unbranched alkanes of at least 4 members (excludes halogenated alkanes) is 6. The van der Waals surface area contributed by atoms with Crippen molar-refractivity contribution in [2.45, 2.75) is 109 Å². The van der Waals surface area contributed by atoms with E-state index in [0.717, 1.165) is 82.3 Å². The molecule has 14 nitrogen and oxygen atoms in total. The topological polar surface area (TPSA) is 197 Å². The molecule has 0 radical (unpaired) electrons. The molecule has 8 N–H and O–H groups in total. The Bertz CT molecular complexity index is 2160. The average molecular weight is 879 g/mol. The molecule has 1 fully saturated rings. The van der Waals surface area contributed by atoms with Gasteiger partial charge in [0.25, 0.3) is 11.5 Å². The Morgan fingerprint density at radius 2 is 1.56 bits per heavy atom. The van der Waals surface area contributed by atoms with Crippen molar-refractivity contribution in [3.8, 4) is 0 Å². The number of fused-ring (bicyclic) bond motifs is 1. The first-order chi connectivity index (χ1) is 30.0. The van der Waals surface area contributed by atoms with Gasteiger partial charge in [0.1, 0.15) is 35.6 Å². The first-order valence-electron chi connectivity index (χ1n) is 22.1. The van der Waals surface area contributed by atoms with Crippen LogP contribution in [0.25, 0.3) is 11.0 Å². The Morgan fingerprint density at radius 3 is 2.22 bits per heavy atom. The summed E-state index contributed by atoms with van der Waals surface area (Å²) in [4.78, 5) is 52.6. The molecule has 0 spiro atoms. The highest BCUT2D eigenvalue weighted by Crippen LogP contribution is 2.34. The largest absolute Gasteiger partial charge is 0.416 e. The molecular weight excluding hydrogens is 814 g/mol. The van der Waals surface area contributed by atoms with Crippen LogP contribution in [-0.2, 0) is 29.2 Å². The minimum atomic E-state index is -4.54. The highest BCUT2D eigenvalue weighted by atomic mass is 19.4. The summed E-state index contributed by atoms with van der Waals surface area (Å²) < 4.78 is 42.0. The first kappa shape index (κ1) is 48.8. The van der Waals surface area contributed by atoms with Gasteiger partial charge in [0.15, 0.2) is 0 Å². The number of aryl methyl sites for hydroxylation is 1. The number of aromatic nitrogens is 3. The number of nitrogens with zero attached hydrogens (tertiary/aromatic N) is 5. The second-order valence-electron chi connectivity index (χ2n) is 17.2. The van der Waals surface area contributed by atoms with Crippen molar-refractivity contribution >= 4 is 40.0 Å². The molecule has 4 atom stereocenters. The van der Waals surface area contributed by atoms with Gasteiger partial charge in [-0.1, -0.05) is 76.3 Å². The number of halogens is 3. The number of nitrogens with one attached hydrogen (secondary N) is 3. The van der Waals surface area contributed by atoms with E-state index in [1.165, 1.54) is 17.0 Å². The molecule has 344 valence electrons. The summed E-state index contributed by atoms with van der Waals surface area (Å²) >= 11 is 0. The summed E-state index contributed by atoms with van der Waals surface area (Å²) in [7, 11) is 1.66. The summed E-state index contributed by atoms with van der Waals surface area (Å²) in [6.07, 6.45) is 3.44. The number of alkyl halides is 3. The maximum Gasteiger partial charge on any atom is 0.416 e. The number of nitrogens with two attached hydrogens (primary N) is 2. The van der Waals surface area contributed by atoms with E-state index in [2.05, 4.69) is 35.7 Å². The third-order valence-electron chi connectivity index (χ3n) is 11.6. The fourth-order valence-corrected chi connectivity index (χ4v) is 8.02. The van der Waals surface area contributed by atoms with Gasteiger partial charge in [-0.3, -0.25) is 23.9 Å². The van der Waals surface area contributed by atoms with E-state index in [1.54, 1.807) is 20.0 Å². The number of carbonyl (C=O) groups is 2. The number of aliphatic hydroxyl groups is 1. The third kappa shape index (κ3) is 14.1. The number of anilines is 3. The molecule has 5 rings (SSSR count). The number of rotatable bonds is 22. The Labute approximate surface area is 368 Å². The molecule has 0 saturated carbocycles. The molecule has 0 bridgehead atoms. The molecule has 2 amide bonds. The Kier molecular flexibility index (Phi) is 17.7. The first-order valence-corrected chi connectivity index (χ1v) is 22.1. The van der Waals surface area contributed by atoms with Crippen LogP contribution >= 0.6 is 0 Å². The van der Waals surface area contributed by atoms with Gasteiger partial charge in [0, 0.05) is 51.5 Å². The predicted molar refractivity (Wildman–Crippen MR) is 242 cm³/mol. The van der Waals surface area contributed by atoms with E-state index in [9.17, 15) is 32.7 Å². The Hall–Kier alpha value is -5.26. The molecule has 1 aliphatic heterocycles. The molecule has 0 aliphatic carbocycles. The quantitative estimate of drug-likeness (QED) is 0.0429. The molecule has 2 aromatic carbocycles. The average Bonchev–Trinajstić information content (AvgIpc) is 3.25. The molecule has 17 heteroatoms. The fraction of sp³-hybridized carbons (Fsp3) is 0.543. The van der Waals surface area contributed by atoms with Gasteiger partial charge in [-0.05, 0) is 80.5 Å². The molecule has 3 heterocycles. The van der Waals surface area contributed by atoms with E-state index >= 15 is 0 Å². The van der Waals surface area contributed by atoms with Crippen molar-refractivity contribution in [2.75, 3.05) is 55.2 Å². The van der Waals surface area contributed by atoms with Gasteiger partial charge in [-0.25, -0.2) is 9.97 Å². The molecular formula is C46H65F3N10O4. The van der Waals surface area contributed by atoms with E-state index in [1.807, 2.05) is 44.2 Å². The van der Waals surface area contributed by atoms with Crippen molar-refractivity contribution in [1.29, 1.82) is 0 Å². The maximum absolute atomic E-state index is 13.5. The number of hydrogen-bond donors (Lipinski definition) is 6. The standard InChI is InChI=1S/C46H65F3N10O4/c1-30(2)23-38(56-44(62)40(60)37(51)24-32-15-11-10-12-16-32)43(61)52-17-13-8-6-5-7-9-14-18-58-19-21-59(22-20-58)39-28-36-41(53-29-54-42(36)57(4)45(39)63)55-31(3)33-25-34(46(47,48)49)27-35(50)26-33/h10-12,15-16,25-31,37-38,40,60H,5-9,13-14,17-24,50-51H2,1-4H3,(H,52,61)(H,56,62)(H,53,54,55). The molecule has 2 aromatic heterocycles. The number of amides is 2. The summed E-state index contributed by atoms with van der Waals surface area (Å²) in [5.74, 6) is -0.339. The van der Waals surface area contributed by atoms with Crippen LogP contribution in [-0.4, -0.2) is 93.8 Å². The zero-order valence-corrected chi connectivity index (χ0v) is 37.0. The summed E-state index contributed by atoms with van der Waals surface area (Å²) in [5.41, 5.74) is 13.2. The lowest BCUT2D eigenvalue weighted by Crippen LogP contribution is -2.54. The molecule has 1 saturated heterocycles. The highest BCUT2D eigenvalue weighted by Gasteiger charge is 2.32. The Balaban J connectivity index is 0.995. The second-order valence-corrected chi connectivity index (χ2v) is 17.2. The summed E-state index contributed by atoms with van der Waals surface area (Å²) in [6.45, 7) is 10.1. The van der Waals surface area contributed by atoms with Gasteiger partial charge in [0.2, 0.25) is 5.91 Å². The van der Waals surface area contributed by atoms with Crippen LogP contribution in [0.2, 0.25) is 0 Å². The minimum Gasteiger partial charge on any atom is -0.399 e. The van der Waals surface area contributed by atoms with Crippen molar-refractivity contribution < 1.29 is 27.9 Å². The fourth-order valence-electron chi connectivity index (χ4n) is 8.02. The Morgan fingerprint density at radius 1 is 0.889 bits per heavy atom. The number of carbonyl (C=O) groups excluding carboxylic acids is 2. The zero-order valence-electron chi connectivity index (χ0n) is 37.0. The lowest BCUT2D eigenvalue weighted by Gasteiger charge is -2.36. The number of nitrogen functional groups attached to an aromatic ring is 1. The van der Waals surface area contributed by atoms with E-state index in [0.29, 0.717) is 60.6 Å². The summed E-state index contributed by atoms with van der Waals surface area (Å²) in [5, 5.41) is 20.1. The van der Waals surface area contributed by atoms with Gasteiger partial charge in [-0.15, -0.1) is 0 Å². The molecule has 1 aliphatic rings. The number of aliphatic hydroxyl groups excluding tert-OH is 1. The minimum absolute atomic E-state index is 0.00908. The van der Waals surface area contributed by atoms with Crippen LogP contribution in [0.15, 0.2) is 65.7 Å². The second kappa shape index (κ2) is 22.9. The third-order valence-corrected chi connectivity index (χ3v) is 11.6. The van der Waals surface area contributed by atoms with Crippen molar-refractivity contribution in [1.82, 2.24) is 30.1 Å². The van der Waals surface area contributed by atoms with E-state index in [4.69, 9.17) is 11.5 Å². The van der Waals surface area contributed by atoms with Crippen molar-refractivity contribution in [3.63, 3.8) is 0 Å². The SMILES string of the molecule is CC(C)CC(NC(=O)C(O)C(N)Cc1ccccc1)C(=O)NCCCCCCCCCN1CCN(c2cc3c(NC(C)c4cc(N)cc(C(F)(F)F)c4)ncnc3n(C)c2=O)CC1. The molecule has 4 unspecified atom stereocenters. The van der Waals surface area contributed by atoms with E-state index in [-0.39, 0.29) is 23.1 Å². The van der Waals surface area contributed by atoms with Gasteiger partial charge < -0.3 is 37.4 Å². The van der Waals surface area contributed by atoms with Crippen LogP contribution in [0.1, 0.15) is 94.9 Å². The number of benzene rings is 2. The van der Waals surface area contributed by atoms with Crippen molar-refractivity contribution in [3.05, 3.63) is 88.0 Å². The summed E-state index contributed by atoms with van der Waals surface area (Å²) in [6, 6.07) is 12.5.